The molecule has 1 aromatic heterocycles. The second-order valence-corrected chi connectivity index (χ2v) is 4.95. The van der Waals surface area contributed by atoms with Crippen LogP contribution in [0.5, 0.6) is 0 Å². The zero-order valence-corrected chi connectivity index (χ0v) is 11.8. The van der Waals surface area contributed by atoms with Gasteiger partial charge < -0.3 is 11.1 Å². The van der Waals surface area contributed by atoms with Crippen molar-refractivity contribution in [1.29, 1.82) is 0 Å². The first-order valence-electron chi connectivity index (χ1n) is 6.36. The number of aromatic nitrogens is 1. The Hall–Kier alpha value is -2.59. The summed E-state index contributed by atoms with van der Waals surface area (Å²) >= 11 is 6.04. The molecule has 0 saturated carbocycles. The maximum absolute atomic E-state index is 12.3. The lowest BCUT2D eigenvalue weighted by atomic mass is 10.2. The van der Waals surface area contributed by atoms with Crippen molar-refractivity contribution < 1.29 is 4.79 Å². The third kappa shape index (κ3) is 2.66. The van der Waals surface area contributed by atoms with Gasteiger partial charge in [-0.2, -0.15) is 0 Å². The molecule has 0 unspecified atom stereocenters. The maximum Gasteiger partial charge on any atom is 0.274 e. The van der Waals surface area contributed by atoms with Crippen LogP contribution in [0.25, 0.3) is 10.9 Å². The quantitative estimate of drug-likeness (QED) is 0.708. The van der Waals surface area contributed by atoms with Crippen LogP contribution >= 0.6 is 11.6 Å². The number of fused-ring (bicyclic) bond motifs is 1. The number of carbonyl (C=O) groups is 1. The Morgan fingerprint density at radius 3 is 2.67 bits per heavy atom. The molecule has 104 valence electrons. The summed E-state index contributed by atoms with van der Waals surface area (Å²) in [6.45, 7) is 0. The van der Waals surface area contributed by atoms with Crippen LogP contribution in [0.3, 0.4) is 0 Å². The average Bonchev–Trinajstić information content (AvgIpc) is 2.50. The summed E-state index contributed by atoms with van der Waals surface area (Å²) in [5.41, 5.74) is 7.71. The Morgan fingerprint density at radius 1 is 1.05 bits per heavy atom. The zero-order chi connectivity index (χ0) is 14.8. The van der Waals surface area contributed by atoms with Crippen LogP contribution in [0.15, 0.2) is 54.6 Å². The monoisotopic (exact) mass is 297 g/mol. The number of nitrogen functional groups attached to an aromatic ring is 1. The topological polar surface area (TPSA) is 68.0 Å². The van der Waals surface area contributed by atoms with Gasteiger partial charge in [-0.25, -0.2) is 4.98 Å². The number of amides is 1. The highest BCUT2D eigenvalue weighted by molar-refractivity contribution is 6.34. The van der Waals surface area contributed by atoms with Crippen LogP contribution in [0, 0.1) is 0 Å². The average molecular weight is 298 g/mol. The van der Waals surface area contributed by atoms with Crippen molar-refractivity contribution in [3.05, 3.63) is 65.3 Å². The normalized spacial score (nSPS) is 10.5. The van der Waals surface area contributed by atoms with Crippen LogP contribution in [0.4, 0.5) is 11.4 Å². The van der Waals surface area contributed by atoms with Crippen molar-refractivity contribution >= 4 is 39.8 Å². The van der Waals surface area contributed by atoms with E-state index in [1.54, 1.807) is 24.3 Å². The Morgan fingerprint density at radius 2 is 1.86 bits per heavy atom. The molecular weight excluding hydrogens is 286 g/mol. The van der Waals surface area contributed by atoms with Gasteiger partial charge in [0.25, 0.3) is 5.91 Å². The number of hydrogen-bond acceptors (Lipinski definition) is 3. The van der Waals surface area contributed by atoms with Gasteiger partial charge >= 0.3 is 0 Å². The van der Waals surface area contributed by atoms with E-state index in [-0.39, 0.29) is 5.91 Å². The first kappa shape index (κ1) is 13.4. The van der Waals surface area contributed by atoms with Gasteiger partial charge in [0.2, 0.25) is 0 Å². The van der Waals surface area contributed by atoms with Crippen LogP contribution in [0.2, 0.25) is 5.02 Å². The molecule has 0 spiro atoms. The summed E-state index contributed by atoms with van der Waals surface area (Å²) in [4.78, 5) is 16.6. The third-order valence-electron chi connectivity index (χ3n) is 3.12. The van der Waals surface area contributed by atoms with E-state index in [0.717, 1.165) is 10.9 Å². The van der Waals surface area contributed by atoms with Gasteiger partial charge in [-0.3, -0.25) is 4.79 Å². The third-order valence-corrected chi connectivity index (χ3v) is 3.43. The number of para-hydroxylation sites is 2. The fourth-order valence-electron chi connectivity index (χ4n) is 2.04. The second kappa shape index (κ2) is 5.42. The lowest BCUT2D eigenvalue weighted by Crippen LogP contribution is -2.15. The van der Waals surface area contributed by atoms with Crippen molar-refractivity contribution in [2.45, 2.75) is 0 Å². The number of pyridine rings is 1. The molecule has 0 saturated heterocycles. The summed E-state index contributed by atoms with van der Waals surface area (Å²) < 4.78 is 0. The molecule has 21 heavy (non-hydrogen) atoms. The van der Waals surface area contributed by atoms with Gasteiger partial charge in [0.15, 0.2) is 0 Å². The lowest BCUT2D eigenvalue weighted by Gasteiger charge is -2.09. The molecule has 3 N–H and O–H groups in total. The maximum atomic E-state index is 12.3. The molecule has 0 aliphatic heterocycles. The van der Waals surface area contributed by atoms with Crippen molar-refractivity contribution in [1.82, 2.24) is 4.98 Å². The minimum atomic E-state index is -0.347. The van der Waals surface area contributed by atoms with Crippen LogP contribution < -0.4 is 11.1 Å². The fraction of sp³-hybridized carbons (Fsp3) is 0. The Bertz CT molecular complexity index is 812. The Labute approximate surface area is 126 Å². The minimum Gasteiger partial charge on any atom is -0.397 e. The van der Waals surface area contributed by atoms with E-state index in [1.165, 1.54) is 0 Å². The van der Waals surface area contributed by atoms with Crippen molar-refractivity contribution in [2.75, 3.05) is 11.1 Å². The van der Waals surface area contributed by atoms with Crippen LogP contribution in [-0.2, 0) is 0 Å². The van der Waals surface area contributed by atoms with Crippen molar-refractivity contribution in [3.8, 4) is 0 Å². The molecule has 4 nitrogen and oxygen atoms in total. The van der Waals surface area contributed by atoms with E-state index in [1.807, 2.05) is 30.3 Å². The highest BCUT2D eigenvalue weighted by Crippen LogP contribution is 2.28. The summed E-state index contributed by atoms with van der Waals surface area (Å²) in [7, 11) is 0. The molecular formula is C16H12ClN3O. The number of nitrogens with zero attached hydrogens (tertiary/aromatic N) is 1. The summed E-state index contributed by atoms with van der Waals surface area (Å²) in [6.07, 6.45) is 0. The predicted molar refractivity (Wildman–Crippen MR) is 85.6 cm³/mol. The number of benzene rings is 2. The molecule has 0 aliphatic carbocycles. The van der Waals surface area contributed by atoms with E-state index in [0.29, 0.717) is 22.1 Å². The molecule has 0 aliphatic rings. The highest BCUT2D eigenvalue weighted by Gasteiger charge is 2.12. The number of nitrogens with two attached hydrogens (primary N) is 1. The molecule has 0 radical (unpaired) electrons. The van der Waals surface area contributed by atoms with E-state index < -0.39 is 0 Å². The van der Waals surface area contributed by atoms with Gasteiger partial charge in [0, 0.05) is 5.39 Å². The molecule has 1 amide bonds. The lowest BCUT2D eigenvalue weighted by molar-refractivity contribution is 0.102. The summed E-state index contributed by atoms with van der Waals surface area (Å²) in [6, 6.07) is 16.2. The molecule has 0 atom stereocenters. The molecule has 5 heteroatoms. The molecule has 2 aromatic carbocycles. The zero-order valence-electron chi connectivity index (χ0n) is 11.0. The number of anilines is 2. The molecule has 0 fully saturated rings. The van der Waals surface area contributed by atoms with Gasteiger partial charge in [0.05, 0.1) is 21.9 Å². The van der Waals surface area contributed by atoms with Gasteiger partial charge in [-0.05, 0) is 24.3 Å². The van der Waals surface area contributed by atoms with E-state index in [9.17, 15) is 4.79 Å². The van der Waals surface area contributed by atoms with E-state index in [4.69, 9.17) is 17.3 Å². The van der Waals surface area contributed by atoms with Crippen molar-refractivity contribution in [3.63, 3.8) is 0 Å². The van der Waals surface area contributed by atoms with Gasteiger partial charge in [0.1, 0.15) is 5.69 Å². The van der Waals surface area contributed by atoms with Crippen LogP contribution in [0.1, 0.15) is 10.5 Å². The fourth-order valence-corrected chi connectivity index (χ4v) is 2.27. The van der Waals surface area contributed by atoms with E-state index >= 15 is 0 Å². The summed E-state index contributed by atoms with van der Waals surface area (Å²) in [5, 5.41) is 4.07. The Kier molecular flexibility index (Phi) is 3.46. The standard InChI is InChI=1S/C16H12ClN3O/c17-11-5-3-6-12(18)15(11)20-16(21)14-9-8-10-4-1-2-7-13(10)19-14/h1-9H,18H2,(H,20,21). The molecule has 3 rings (SSSR count). The van der Waals surface area contributed by atoms with Crippen molar-refractivity contribution in [2.24, 2.45) is 0 Å². The smallest absolute Gasteiger partial charge is 0.274 e. The number of halogens is 1. The van der Waals surface area contributed by atoms with Gasteiger partial charge in [-0.1, -0.05) is 41.9 Å². The first-order chi connectivity index (χ1) is 10.1. The largest absolute Gasteiger partial charge is 0.397 e. The Balaban J connectivity index is 1.94. The highest BCUT2D eigenvalue weighted by atomic mass is 35.5. The molecule has 1 heterocycles. The first-order valence-corrected chi connectivity index (χ1v) is 6.74. The molecule has 3 aromatic rings. The molecule has 0 bridgehead atoms. The van der Waals surface area contributed by atoms with Crippen LogP contribution in [-0.4, -0.2) is 10.9 Å². The van der Waals surface area contributed by atoms with E-state index in [2.05, 4.69) is 10.3 Å². The minimum absolute atomic E-state index is 0.313. The number of hydrogen-bond donors (Lipinski definition) is 2. The number of nitrogens with one attached hydrogen (secondary N) is 1. The second-order valence-electron chi connectivity index (χ2n) is 4.55. The predicted octanol–water partition coefficient (Wildman–Crippen LogP) is 3.72. The number of carbonyl (C=O) groups excluding carboxylic acids is 1. The summed E-state index contributed by atoms with van der Waals surface area (Å²) in [5.74, 6) is -0.347. The van der Waals surface area contributed by atoms with Gasteiger partial charge in [-0.15, -0.1) is 0 Å². The SMILES string of the molecule is Nc1cccc(Cl)c1NC(=O)c1ccc2ccccc2n1. The number of rotatable bonds is 2.